The molecule has 20 heavy (non-hydrogen) atoms. The van der Waals surface area contributed by atoms with E-state index in [0.29, 0.717) is 17.3 Å². The number of aromatic nitrogens is 2. The second kappa shape index (κ2) is 6.09. The third kappa shape index (κ3) is 3.19. The number of rotatable bonds is 5. The molecule has 2 rings (SSSR count). The maximum absolute atomic E-state index is 13.5. The zero-order valence-electron chi connectivity index (χ0n) is 11.4. The van der Waals surface area contributed by atoms with Gasteiger partial charge >= 0.3 is 0 Å². The summed E-state index contributed by atoms with van der Waals surface area (Å²) in [5.41, 5.74) is 6.30. The second-order valence-corrected chi connectivity index (χ2v) is 4.87. The van der Waals surface area contributed by atoms with Crippen molar-refractivity contribution in [3.63, 3.8) is 0 Å². The van der Waals surface area contributed by atoms with E-state index >= 15 is 0 Å². The number of benzene rings is 1. The molecule has 2 atom stereocenters. The van der Waals surface area contributed by atoms with Gasteiger partial charge in [-0.3, -0.25) is 0 Å². The molecule has 6 heteroatoms. The quantitative estimate of drug-likeness (QED) is 0.915. The first kappa shape index (κ1) is 14.6. The van der Waals surface area contributed by atoms with Gasteiger partial charge in [-0.2, -0.15) is 4.98 Å². The Hall–Kier alpha value is -1.82. The summed E-state index contributed by atoms with van der Waals surface area (Å²) in [5, 5.41) is 3.79. The van der Waals surface area contributed by atoms with Gasteiger partial charge in [-0.15, -0.1) is 0 Å². The fraction of sp³-hybridized carbons (Fsp3) is 0.429. The maximum atomic E-state index is 13.5. The predicted octanol–water partition coefficient (Wildman–Crippen LogP) is 2.98. The topological polar surface area (TPSA) is 64.9 Å². The molecule has 2 N–H and O–H groups in total. The van der Waals surface area contributed by atoms with Crippen molar-refractivity contribution < 1.29 is 13.3 Å². The second-order valence-electron chi connectivity index (χ2n) is 4.87. The van der Waals surface area contributed by atoms with E-state index < -0.39 is 11.6 Å². The molecule has 0 amide bonds. The molecular formula is C14H17F2N3O. The molecule has 1 unspecified atom stereocenters. The van der Waals surface area contributed by atoms with Crippen molar-refractivity contribution in [2.75, 3.05) is 0 Å². The number of hydrogen-bond acceptors (Lipinski definition) is 4. The number of nitrogens with zero attached hydrogens (tertiary/aromatic N) is 2. The van der Waals surface area contributed by atoms with Crippen LogP contribution >= 0.6 is 0 Å². The SMILES string of the molecule is CCC(C)[C@H](N)c1nc(Cc2ccc(F)cc2F)no1. The summed E-state index contributed by atoms with van der Waals surface area (Å²) < 4.78 is 31.5. The molecular weight excluding hydrogens is 264 g/mol. The van der Waals surface area contributed by atoms with E-state index in [1.807, 2.05) is 13.8 Å². The monoisotopic (exact) mass is 281 g/mol. The maximum Gasteiger partial charge on any atom is 0.243 e. The lowest BCUT2D eigenvalue weighted by atomic mass is 10.0. The van der Waals surface area contributed by atoms with Gasteiger partial charge in [-0.1, -0.05) is 31.5 Å². The van der Waals surface area contributed by atoms with Crippen molar-refractivity contribution in [2.24, 2.45) is 11.7 Å². The van der Waals surface area contributed by atoms with Gasteiger partial charge in [-0.05, 0) is 17.5 Å². The Bertz CT molecular complexity index is 586. The van der Waals surface area contributed by atoms with Crippen LogP contribution in [0.5, 0.6) is 0 Å². The lowest BCUT2D eigenvalue weighted by Crippen LogP contribution is -2.18. The average Bonchev–Trinajstić information content (AvgIpc) is 2.88. The van der Waals surface area contributed by atoms with Crippen LogP contribution < -0.4 is 5.73 Å². The highest BCUT2D eigenvalue weighted by Crippen LogP contribution is 2.21. The summed E-state index contributed by atoms with van der Waals surface area (Å²) in [4.78, 5) is 4.17. The number of halogens is 2. The molecule has 1 aromatic heterocycles. The van der Waals surface area contributed by atoms with Crippen molar-refractivity contribution in [3.05, 3.63) is 47.1 Å². The van der Waals surface area contributed by atoms with Crippen LogP contribution in [0, 0.1) is 17.6 Å². The van der Waals surface area contributed by atoms with E-state index in [1.54, 1.807) is 0 Å². The Kier molecular flexibility index (Phi) is 4.44. The summed E-state index contributed by atoms with van der Waals surface area (Å²) in [6.07, 6.45) is 1.04. The van der Waals surface area contributed by atoms with Crippen LogP contribution in [-0.2, 0) is 6.42 Å². The summed E-state index contributed by atoms with van der Waals surface area (Å²) in [6.45, 7) is 4.02. The first-order valence-electron chi connectivity index (χ1n) is 6.53. The van der Waals surface area contributed by atoms with Gasteiger partial charge in [0.15, 0.2) is 5.82 Å². The fourth-order valence-corrected chi connectivity index (χ4v) is 1.81. The Morgan fingerprint density at radius 3 is 2.75 bits per heavy atom. The predicted molar refractivity (Wildman–Crippen MR) is 69.8 cm³/mol. The lowest BCUT2D eigenvalue weighted by molar-refractivity contribution is 0.310. The van der Waals surface area contributed by atoms with Gasteiger partial charge in [0, 0.05) is 12.5 Å². The highest BCUT2D eigenvalue weighted by atomic mass is 19.1. The number of hydrogen-bond donors (Lipinski definition) is 1. The smallest absolute Gasteiger partial charge is 0.243 e. The molecule has 0 radical (unpaired) electrons. The van der Waals surface area contributed by atoms with E-state index in [0.717, 1.165) is 12.5 Å². The molecule has 0 spiro atoms. The molecule has 1 aromatic carbocycles. The van der Waals surface area contributed by atoms with Gasteiger partial charge in [0.1, 0.15) is 11.6 Å². The van der Waals surface area contributed by atoms with Crippen LogP contribution in [0.4, 0.5) is 8.78 Å². The summed E-state index contributed by atoms with van der Waals surface area (Å²) in [6, 6.07) is 3.07. The first-order chi connectivity index (χ1) is 9.51. The van der Waals surface area contributed by atoms with Crippen LogP contribution in [0.15, 0.2) is 22.7 Å². The average molecular weight is 281 g/mol. The Balaban J connectivity index is 2.13. The third-order valence-corrected chi connectivity index (χ3v) is 3.39. The van der Waals surface area contributed by atoms with Crippen molar-refractivity contribution in [1.29, 1.82) is 0 Å². The zero-order chi connectivity index (χ0) is 14.7. The Morgan fingerprint density at radius 2 is 2.10 bits per heavy atom. The van der Waals surface area contributed by atoms with E-state index in [4.69, 9.17) is 10.3 Å². The van der Waals surface area contributed by atoms with E-state index in [9.17, 15) is 8.78 Å². The minimum atomic E-state index is -0.623. The minimum absolute atomic E-state index is 0.142. The normalized spacial score (nSPS) is 14.2. The lowest BCUT2D eigenvalue weighted by Gasteiger charge is -2.12. The molecule has 0 saturated heterocycles. The van der Waals surface area contributed by atoms with Gasteiger partial charge < -0.3 is 10.3 Å². The van der Waals surface area contributed by atoms with E-state index in [1.165, 1.54) is 12.1 Å². The van der Waals surface area contributed by atoms with Gasteiger partial charge in [0.2, 0.25) is 5.89 Å². The zero-order valence-corrected chi connectivity index (χ0v) is 11.4. The van der Waals surface area contributed by atoms with Crippen LogP contribution in [0.3, 0.4) is 0 Å². The van der Waals surface area contributed by atoms with E-state index in [2.05, 4.69) is 10.1 Å². The van der Waals surface area contributed by atoms with Gasteiger partial charge in [-0.25, -0.2) is 8.78 Å². The summed E-state index contributed by atoms with van der Waals surface area (Å²) in [5.74, 6) is -0.339. The molecule has 0 bridgehead atoms. The molecule has 108 valence electrons. The summed E-state index contributed by atoms with van der Waals surface area (Å²) in [7, 11) is 0. The molecule has 4 nitrogen and oxygen atoms in total. The molecule has 0 saturated carbocycles. The van der Waals surface area contributed by atoms with Crippen LogP contribution in [0.1, 0.15) is 43.6 Å². The standard InChI is InChI=1S/C14H17F2N3O/c1-3-8(2)13(17)14-18-12(19-20-14)6-9-4-5-10(15)7-11(9)16/h4-5,7-8,13H,3,6,17H2,1-2H3/t8?,13-/m0/s1. The molecule has 1 heterocycles. The third-order valence-electron chi connectivity index (χ3n) is 3.39. The molecule has 0 aliphatic rings. The molecule has 0 aliphatic heterocycles. The van der Waals surface area contributed by atoms with E-state index in [-0.39, 0.29) is 18.4 Å². The van der Waals surface area contributed by atoms with Gasteiger partial charge in [0.05, 0.1) is 6.04 Å². The number of nitrogens with two attached hydrogens (primary N) is 1. The van der Waals surface area contributed by atoms with Crippen LogP contribution in [0.25, 0.3) is 0 Å². The largest absolute Gasteiger partial charge is 0.338 e. The van der Waals surface area contributed by atoms with Crippen molar-refractivity contribution in [3.8, 4) is 0 Å². The van der Waals surface area contributed by atoms with Crippen LogP contribution in [-0.4, -0.2) is 10.1 Å². The molecule has 2 aromatic rings. The van der Waals surface area contributed by atoms with Crippen molar-refractivity contribution in [1.82, 2.24) is 10.1 Å². The van der Waals surface area contributed by atoms with Gasteiger partial charge in [0.25, 0.3) is 0 Å². The Labute approximate surface area is 116 Å². The van der Waals surface area contributed by atoms with Crippen molar-refractivity contribution >= 4 is 0 Å². The molecule has 0 fully saturated rings. The fourth-order valence-electron chi connectivity index (χ4n) is 1.81. The highest BCUT2D eigenvalue weighted by molar-refractivity contribution is 5.21. The molecule has 0 aliphatic carbocycles. The Morgan fingerprint density at radius 1 is 1.35 bits per heavy atom. The van der Waals surface area contributed by atoms with Crippen LogP contribution in [0.2, 0.25) is 0 Å². The first-order valence-corrected chi connectivity index (χ1v) is 6.53. The summed E-state index contributed by atoms with van der Waals surface area (Å²) >= 11 is 0. The highest BCUT2D eigenvalue weighted by Gasteiger charge is 2.20. The van der Waals surface area contributed by atoms with Crippen molar-refractivity contribution in [2.45, 2.75) is 32.7 Å². The minimum Gasteiger partial charge on any atom is -0.338 e.